The first-order chi connectivity index (χ1) is 15.1. The lowest BCUT2D eigenvalue weighted by atomic mass is 10.0. The fourth-order valence-electron chi connectivity index (χ4n) is 2.75. The molecule has 0 radical (unpaired) electrons. The standard InChI is InChI=1S/C22H24ClN3O6/c1-13(2)19(25-21(28)17-10-9-16(26(30)31)11-18(17)23)22(29)32-14(3)20(27)24-12-15-7-5-4-6-8-15/h4-11,13-14,19H,12H2,1-3H3,(H,24,27)(H,25,28). The summed E-state index contributed by atoms with van der Waals surface area (Å²) in [5.74, 6) is -2.31. The minimum atomic E-state index is -1.08. The molecule has 10 heteroatoms. The number of ether oxygens (including phenoxy) is 1. The molecule has 0 saturated carbocycles. The van der Waals surface area contributed by atoms with Crippen LogP contribution in [-0.2, 0) is 20.9 Å². The van der Waals surface area contributed by atoms with Crippen molar-refractivity contribution in [2.24, 2.45) is 5.92 Å². The molecule has 0 aliphatic carbocycles. The summed E-state index contributed by atoms with van der Waals surface area (Å²) in [6.45, 7) is 5.11. The van der Waals surface area contributed by atoms with Crippen molar-refractivity contribution >= 4 is 35.1 Å². The van der Waals surface area contributed by atoms with Gasteiger partial charge < -0.3 is 15.4 Å². The topological polar surface area (TPSA) is 128 Å². The van der Waals surface area contributed by atoms with E-state index in [1.807, 2.05) is 30.3 Å². The fourth-order valence-corrected chi connectivity index (χ4v) is 3.01. The van der Waals surface area contributed by atoms with Crippen LogP contribution in [0.1, 0.15) is 36.7 Å². The van der Waals surface area contributed by atoms with Crippen LogP contribution in [0.15, 0.2) is 48.5 Å². The van der Waals surface area contributed by atoms with Crippen LogP contribution in [0.25, 0.3) is 0 Å². The van der Waals surface area contributed by atoms with Gasteiger partial charge in [0.25, 0.3) is 17.5 Å². The molecule has 0 aromatic heterocycles. The Hall–Kier alpha value is -3.46. The molecule has 2 N–H and O–H groups in total. The minimum Gasteiger partial charge on any atom is -0.451 e. The minimum absolute atomic E-state index is 0.0237. The van der Waals surface area contributed by atoms with Gasteiger partial charge in [-0.3, -0.25) is 19.7 Å². The summed E-state index contributed by atoms with van der Waals surface area (Å²) >= 11 is 5.99. The Bertz CT molecular complexity index is 996. The van der Waals surface area contributed by atoms with Crippen LogP contribution in [0.4, 0.5) is 5.69 Å². The molecule has 0 spiro atoms. The Morgan fingerprint density at radius 1 is 1.09 bits per heavy atom. The first-order valence-electron chi connectivity index (χ1n) is 9.87. The number of hydrogen-bond donors (Lipinski definition) is 2. The molecule has 0 bridgehead atoms. The Balaban J connectivity index is 2.00. The largest absolute Gasteiger partial charge is 0.451 e. The molecule has 9 nitrogen and oxygen atoms in total. The van der Waals surface area contributed by atoms with Crippen molar-refractivity contribution < 1.29 is 24.0 Å². The van der Waals surface area contributed by atoms with E-state index in [0.717, 1.165) is 17.7 Å². The SMILES string of the molecule is CC(OC(=O)C(NC(=O)c1ccc([N+](=O)[O-])cc1Cl)C(C)C)C(=O)NCc1ccccc1. The molecule has 2 unspecified atom stereocenters. The number of rotatable bonds is 9. The number of nitrogens with one attached hydrogen (secondary N) is 2. The van der Waals surface area contributed by atoms with Gasteiger partial charge >= 0.3 is 5.97 Å². The molecule has 2 aromatic carbocycles. The van der Waals surface area contributed by atoms with Gasteiger partial charge in [-0.1, -0.05) is 55.8 Å². The molecule has 0 fully saturated rings. The number of nitro benzene ring substituents is 1. The molecule has 32 heavy (non-hydrogen) atoms. The van der Waals surface area contributed by atoms with E-state index in [0.29, 0.717) is 0 Å². The van der Waals surface area contributed by atoms with Gasteiger partial charge in [0.05, 0.1) is 15.5 Å². The lowest BCUT2D eigenvalue weighted by Gasteiger charge is -2.23. The van der Waals surface area contributed by atoms with Crippen LogP contribution in [-0.4, -0.2) is 34.9 Å². The van der Waals surface area contributed by atoms with E-state index in [-0.39, 0.29) is 28.7 Å². The van der Waals surface area contributed by atoms with Gasteiger partial charge in [0.15, 0.2) is 6.10 Å². The number of esters is 1. The second-order valence-corrected chi connectivity index (χ2v) is 7.81. The molecule has 170 valence electrons. The Kier molecular flexibility index (Phi) is 8.71. The molecule has 0 saturated heterocycles. The highest BCUT2D eigenvalue weighted by Gasteiger charge is 2.30. The third kappa shape index (κ3) is 6.78. The smallest absolute Gasteiger partial charge is 0.329 e. The molecule has 2 atom stereocenters. The lowest BCUT2D eigenvalue weighted by Crippen LogP contribution is -2.47. The molecule has 2 rings (SSSR count). The van der Waals surface area contributed by atoms with Crippen molar-refractivity contribution in [1.29, 1.82) is 0 Å². The van der Waals surface area contributed by atoms with Crippen LogP contribution in [0.2, 0.25) is 5.02 Å². The predicted octanol–water partition coefficient (Wildman–Crippen LogP) is 3.25. The summed E-state index contributed by atoms with van der Waals surface area (Å²) in [6.07, 6.45) is -1.08. The van der Waals surface area contributed by atoms with Crippen molar-refractivity contribution in [3.8, 4) is 0 Å². The molecular formula is C22H24ClN3O6. The number of benzene rings is 2. The molecule has 0 heterocycles. The summed E-state index contributed by atoms with van der Waals surface area (Å²) in [6, 6.07) is 11.6. The zero-order valence-electron chi connectivity index (χ0n) is 17.8. The van der Waals surface area contributed by atoms with E-state index < -0.39 is 34.9 Å². The summed E-state index contributed by atoms with van der Waals surface area (Å²) in [5, 5.41) is 15.9. The van der Waals surface area contributed by atoms with Crippen LogP contribution >= 0.6 is 11.6 Å². The van der Waals surface area contributed by atoms with Gasteiger partial charge in [0.2, 0.25) is 0 Å². The first-order valence-corrected chi connectivity index (χ1v) is 10.2. The highest BCUT2D eigenvalue weighted by molar-refractivity contribution is 6.34. The normalized spacial score (nSPS) is 12.5. The van der Waals surface area contributed by atoms with Gasteiger partial charge in [-0.05, 0) is 24.5 Å². The third-order valence-electron chi connectivity index (χ3n) is 4.59. The van der Waals surface area contributed by atoms with Crippen LogP contribution in [0.5, 0.6) is 0 Å². The highest BCUT2D eigenvalue weighted by Crippen LogP contribution is 2.23. The Morgan fingerprint density at radius 2 is 1.75 bits per heavy atom. The average Bonchev–Trinajstić information content (AvgIpc) is 2.75. The zero-order chi connectivity index (χ0) is 23.8. The van der Waals surface area contributed by atoms with Crippen molar-refractivity contribution in [2.75, 3.05) is 0 Å². The average molecular weight is 462 g/mol. The van der Waals surface area contributed by atoms with Crippen molar-refractivity contribution in [3.05, 3.63) is 74.8 Å². The number of nitrogens with zero attached hydrogens (tertiary/aromatic N) is 1. The Morgan fingerprint density at radius 3 is 2.31 bits per heavy atom. The number of non-ortho nitro benzene ring substituents is 1. The fraction of sp³-hybridized carbons (Fsp3) is 0.318. The number of carbonyl (C=O) groups is 3. The zero-order valence-corrected chi connectivity index (χ0v) is 18.6. The van der Waals surface area contributed by atoms with E-state index in [1.165, 1.54) is 13.0 Å². The van der Waals surface area contributed by atoms with Crippen molar-refractivity contribution in [3.63, 3.8) is 0 Å². The third-order valence-corrected chi connectivity index (χ3v) is 4.90. The molecule has 0 aliphatic heterocycles. The van der Waals surface area contributed by atoms with Crippen LogP contribution in [0.3, 0.4) is 0 Å². The van der Waals surface area contributed by atoms with E-state index >= 15 is 0 Å². The lowest BCUT2D eigenvalue weighted by molar-refractivity contribution is -0.384. The number of halogens is 1. The van der Waals surface area contributed by atoms with Crippen LogP contribution in [0, 0.1) is 16.0 Å². The second kappa shape index (κ2) is 11.2. The van der Waals surface area contributed by atoms with Crippen LogP contribution < -0.4 is 10.6 Å². The summed E-state index contributed by atoms with van der Waals surface area (Å²) < 4.78 is 5.25. The van der Waals surface area contributed by atoms with Gasteiger partial charge in [0, 0.05) is 18.7 Å². The van der Waals surface area contributed by atoms with Crippen molar-refractivity contribution in [1.82, 2.24) is 10.6 Å². The maximum absolute atomic E-state index is 12.6. The van der Waals surface area contributed by atoms with Gasteiger partial charge in [0.1, 0.15) is 6.04 Å². The predicted molar refractivity (Wildman–Crippen MR) is 118 cm³/mol. The molecule has 0 aliphatic rings. The monoisotopic (exact) mass is 461 g/mol. The van der Waals surface area contributed by atoms with Crippen molar-refractivity contribution in [2.45, 2.75) is 39.5 Å². The van der Waals surface area contributed by atoms with E-state index in [9.17, 15) is 24.5 Å². The van der Waals surface area contributed by atoms with E-state index in [1.54, 1.807) is 13.8 Å². The van der Waals surface area contributed by atoms with Gasteiger partial charge in [-0.2, -0.15) is 0 Å². The second-order valence-electron chi connectivity index (χ2n) is 7.40. The molecular weight excluding hydrogens is 438 g/mol. The molecule has 2 aromatic rings. The maximum atomic E-state index is 12.6. The summed E-state index contributed by atoms with van der Waals surface area (Å²) in [5.41, 5.74) is 0.609. The number of carbonyl (C=O) groups excluding carboxylic acids is 3. The van der Waals surface area contributed by atoms with Gasteiger partial charge in [-0.25, -0.2) is 4.79 Å². The quantitative estimate of drug-likeness (QED) is 0.335. The first kappa shape index (κ1) is 24.8. The summed E-state index contributed by atoms with van der Waals surface area (Å²) in [7, 11) is 0. The number of amides is 2. The van der Waals surface area contributed by atoms with Gasteiger partial charge in [-0.15, -0.1) is 0 Å². The van der Waals surface area contributed by atoms with E-state index in [2.05, 4.69) is 10.6 Å². The highest BCUT2D eigenvalue weighted by atomic mass is 35.5. The maximum Gasteiger partial charge on any atom is 0.329 e. The van der Waals surface area contributed by atoms with E-state index in [4.69, 9.17) is 16.3 Å². The Labute approximate surface area is 190 Å². The number of nitro groups is 1. The summed E-state index contributed by atoms with van der Waals surface area (Å²) in [4.78, 5) is 47.7. The number of hydrogen-bond acceptors (Lipinski definition) is 6. The molecule has 2 amide bonds.